The van der Waals surface area contributed by atoms with Gasteiger partial charge in [-0.15, -0.1) is 0 Å². The molecule has 0 radical (unpaired) electrons. The summed E-state index contributed by atoms with van der Waals surface area (Å²) >= 11 is 1.53. The first-order chi connectivity index (χ1) is 9.31. The Morgan fingerprint density at radius 3 is 2.89 bits per heavy atom. The summed E-state index contributed by atoms with van der Waals surface area (Å²) in [5.41, 5.74) is 4.50. The van der Waals surface area contributed by atoms with Crippen LogP contribution in [0.5, 0.6) is 0 Å². The third-order valence-corrected chi connectivity index (χ3v) is 3.46. The molecule has 0 fully saturated rings. The molecular formula is C14H10FN3S. The molecule has 0 unspecified atom stereocenters. The minimum absolute atomic E-state index is 0.274. The van der Waals surface area contributed by atoms with E-state index in [0.717, 1.165) is 10.2 Å². The first-order valence-corrected chi connectivity index (χ1v) is 6.53. The summed E-state index contributed by atoms with van der Waals surface area (Å²) in [6.45, 7) is 0. The Morgan fingerprint density at radius 1 is 1.16 bits per heavy atom. The first kappa shape index (κ1) is 11.8. The Balaban J connectivity index is 1.75. The van der Waals surface area contributed by atoms with Gasteiger partial charge < -0.3 is 0 Å². The zero-order chi connectivity index (χ0) is 13.1. The van der Waals surface area contributed by atoms with Gasteiger partial charge in [0.15, 0.2) is 0 Å². The van der Waals surface area contributed by atoms with Gasteiger partial charge >= 0.3 is 0 Å². The molecule has 1 aromatic heterocycles. The van der Waals surface area contributed by atoms with Crippen LogP contribution in [0, 0.1) is 5.82 Å². The Hall–Kier alpha value is -2.27. The second-order valence-corrected chi connectivity index (χ2v) is 4.94. The maximum Gasteiger partial charge on any atom is 0.204 e. The van der Waals surface area contributed by atoms with Crippen molar-refractivity contribution in [2.75, 3.05) is 5.43 Å². The second-order valence-electron chi connectivity index (χ2n) is 3.91. The van der Waals surface area contributed by atoms with Crippen LogP contribution >= 0.6 is 11.3 Å². The van der Waals surface area contributed by atoms with E-state index in [4.69, 9.17) is 0 Å². The average molecular weight is 271 g/mol. The zero-order valence-corrected chi connectivity index (χ0v) is 10.7. The summed E-state index contributed by atoms with van der Waals surface area (Å²) in [6.07, 6.45) is 1.56. The number of anilines is 1. The Kier molecular flexibility index (Phi) is 3.20. The van der Waals surface area contributed by atoms with Crippen LogP contribution in [0.4, 0.5) is 9.52 Å². The number of halogens is 1. The molecule has 3 rings (SSSR count). The van der Waals surface area contributed by atoms with E-state index in [0.29, 0.717) is 10.7 Å². The van der Waals surface area contributed by atoms with E-state index >= 15 is 0 Å². The van der Waals surface area contributed by atoms with E-state index in [1.165, 1.54) is 23.5 Å². The normalized spacial score (nSPS) is 11.2. The lowest BCUT2D eigenvalue weighted by molar-refractivity contribution is 0.627. The van der Waals surface area contributed by atoms with Crippen molar-refractivity contribution in [3.63, 3.8) is 0 Å². The van der Waals surface area contributed by atoms with Crippen molar-refractivity contribution in [1.29, 1.82) is 0 Å². The van der Waals surface area contributed by atoms with E-state index in [1.54, 1.807) is 18.3 Å². The molecule has 0 spiro atoms. The number of nitrogens with one attached hydrogen (secondary N) is 1. The largest absolute Gasteiger partial charge is 0.253 e. The fraction of sp³-hybridized carbons (Fsp3) is 0. The monoisotopic (exact) mass is 271 g/mol. The van der Waals surface area contributed by atoms with Crippen molar-refractivity contribution >= 4 is 32.9 Å². The van der Waals surface area contributed by atoms with Crippen LogP contribution in [-0.4, -0.2) is 11.2 Å². The number of hydrogen-bond donors (Lipinski definition) is 1. The number of aromatic nitrogens is 1. The van der Waals surface area contributed by atoms with Gasteiger partial charge in [0.2, 0.25) is 5.13 Å². The van der Waals surface area contributed by atoms with Gasteiger partial charge in [-0.25, -0.2) is 9.37 Å². The number of para-hydroxylation sites is 1. The van der Waals surface area contributed by atoms with E-state index in [-0.39, 0.29) is 5.82 Å². The molecule has 0 atom stereocenters. The lowest BCUT2D eigenvalue weighted by atomic mass is 10.2. The topological polar surface area (TPSA) is 37.3 Å². The molecule has 19 heavy (non-hydrogen) atoms. The lowest BCUT2D eigenvalue weighted by Gasteiger charge is -1.94. The number of fused-ring (bicyclic) bond motifs is 1. The van der Waals surface area contributed by atoms with Gasteiger partial charge in [0.05, 0.1) is 16.4 Å². The zero-order valence-electron chi connectivity index (χ0n) is 9.88. The van der Waals surface area contributed by atoms with Crippen LogP contribution in [0.15, 0.2) is 53.6 Å². The molecule has 0 amide bonds. The molecule has 3 nitrogen and oxygen atoms in total. The number of nitrogens with zero attached hydrogens (tertiary/aromatic N) is 2. The number of thiazole rings is 1. The van der Waals surface area contributed by atoms with Gasteiger partial charge in [-0.1, -0.05) is 35.6 Å². The van der Waals surface area contributed by atoms with E-state index in [2.05, 4.69) is 15.5 Å². The molecule has 94 valence electrons. The summed E-state index contributed by atoms with van der Waals surface area (Å²) in [5.74, 6) is -0.274. The van der Waals surface area contributed by atoms with E-state index in [9.17, 15) is 4.39 Å². The molecule has 5 heteroatoms. The summed E-state index contributed by atoms with van der Waals surface area (Å²) in [5, 5.41) is 4.77. The Bertz CT molecular complexity index is 703. The van der Waals surface area contributed by atoms with Gasteiger partial charge in [-0.05, 0) is 29.8 Å². The number of rotatable bonds is 3. The fourth-order valence-corrected chi connectivity index (χ4v) is 2.48. The maximum absolute atomic E-state index is 13.0. The van der Waals surface area contributed by atoms with Crippen molar-refractivity contribution in [3.8, 4) is 0 Å². The van der Waals surface area contributed by atoms with Gasteiger partial charge in [-0.2, -0.15) is 5.10 Å². The molecule has 2 aromatic carbocycles. The molecular weight excluding hydrogens is 261 g/mol. The van der Waals surface area contributed by atoms with Gasteiger partial charge in [0, 0.05) is 0 Å². The van der Waals surface area contributed by atoms with Gasteiger partial charge in [-0.3, -0.25) is 5.43 Å². The molecule has 1 heterocycles. The molecule has 0 aliphatic heterocycles. The highest BCUT2D eigenvalue weighted by Crippen LogP contribution is 2.25. The first-order valence-electron chi connectivity index (χ1n) is 5.71. The maximum atomic E-state index is 13.0. The number of hydrogen-bond acceptors (Lipinski definition) is 4. The Morgan fingerprint density at radius 2 is 2.05 bits per heavy atom. The van der Waals surface area contributed by atoms with Gasteiger partial charge in [0.1, 0.15) is 5.82 Å². The standard InChI is InChI=1S/C14H10FN3S/c15-11-5-3-4-10(8-11)9-16-18-14-17-12-6-1-2-7-13(12)19-14/h1-9H,(H,17,18)/b16-9+. The van der Waals surface area contributed by atoms with Crippen molar-refractivity contribution < 1.29 is 4.39 Å². The fourth-order valence-electron chi connectivity index (χ4n) is 1.67. The molecule has 0 bridgehead atoms. The highest BCUT2D eigenvalue weighted by Gasteiger charge is 2.00. The second kappa shape index (κ2) is 5.16. The van der Waals surface area contributed by atoms with Crippen LogP contribution in [0.25, 0.3) is 10.2 Å². The molecule has 0 saturated carbocycles. The minimum Gasteiger partial charge on any atom is -0.253 e. The smallest absolute Gasteiger partial charge is 0.204 e. The average Bonchev–Trinajstić information content (AvgIpc) is 2.81. The minimum atomic E-state index is -0.274. The third kappa shape index (κ3) is 2.77. The molecule has 0 aliphatic carbocycles. The SMILES string of the molecule is Fc1cccc(/C=N/Nc2nc3ccccc3s2)c1. The van der Waals surface area contributed by atoms with Crippen molar-refractivity contribution in [2.45, 2.75) is 0 Å². The lowest BCUT2D eigenvalue weighted by Crippen LogP contribution is -1.90. The van der Waals surface area contributed by atoms with E-state index in [1.807, 2.05) is 24.3 Å². The van der Waals surface area contributed by atoms with Crippen molar-refractivity contribution in [2.24, 2.45) is 5.10 Å². The number of benzene rings is 2. The van der Waals surface area contributed by atoms with Crippen LogP contribution < -0.4 is 5.43 Å². The summed E-state index contributed by atoms with van der Waals surface area (Å²) in [6, 6.07) is 14.1. The quantitative estimate of drug-likeness (QED) is 0.580. The predicted molar refractivity (Wildman–Crippen MR) is 77.2 cm³/mol. The van der Waals surface area contributed by atoms with Crippen LogP contribution in [-0.2, 0) is 0 Å². The molecule has 3 aromatic rings. The van der Waals surface area contributed by atoms with Gasteiger partial charge in [0.25, 0.3) is 0 Å². The summed E-state index contributed by atoms with van der Waals surface area (Å²) < 4.78 is 14.1. The number of hydrazone groups is 1. The molecule has 0 aliphatic rings. The molecule has 1 N–H and O–H groups in total. The van der Waals surface area contributed by atoms with E-state index < -0.39 is 0 Å². The third-order valence-electron chi connectivity index (χ3n) is 2.52. The van der Waals surface area contributed by atoms with Crippen LogP contribution in [0.3, 0.4) is 0 Å². The Labute approximate surface area is 113 Å². The van der Waals surface area contributed by atoms with Crippen LogP contribution in [0.2, 0.25) is 0 Å². The van der Waals surface area contributed by atoms with Crippen molar-refractivity contribution in [3.05, 3.63) is 59.9 Å². The highest BCUT2D eigenvalue weighted by molar-refractivity contribution is 7.22. The summed E-state index contributed by atoms with van der Waals surface area (Å²) in [7, 11) is 0. The highest BCUT2D eigenvalue weighted by atomic mass is 32.1. The predicted octanol–water partition coefficient (Wildman–Crippen LogP) is 3.88. The summed E-state index contributed by atoms with van der Waals surface area (Å²) in [4.78, 5) is 4.38. The molecule has 0 saturated heterocycles. The van der Waals surface area contributed by atoms with Crippen LogP contribution in [0.1, 0.15) is 5.56 Å². The van der Waals surface area contributed by atoms with Crippen molar-refractivity contribution in [1.82, 2.24) is 4.98 Å².